The maximum atomic E-state index is 8.57. The standard InChI is InChI=1S/C9H13N3O/c1-3-4-8-11-9(13-12-8)5-7(2)6-10/h7H,3-5H2,1-2H3. The van der Waals surface area contributed by atoms with Crippen LogP contribution in [0.3, 0.4) is 0 Å². The monoisotopic (exact) mass is 179 g/mol. The molecule has 1 unspecified atom stereocenters. The molecule has 0 saturated carbocycles. The highest BCUT2D eigenvalue weighted by Crippen LogP contribution is 2.06. The second kappa shape index (κ2) is 4.61. The molecule has 0 aliphatic carbocycles. The number of aryl methyl sites for hydroxylation is 1. The van der Waals surface area contributed by atoms with Gasteiger partial charge in [-0.1, -0.05) is 12.1 Å². The smallest absolute Gasteiger partial charge is 0.227 e. The summed E-state index contributed by atoms with van der Waals surface area (Å²) < 4.78 is 4.98. The van der Waals surface area contributed by atoms with Crippen molar-refractivity contribution in [1.82, 2.24) is 10.1 Å². The molecule has 1 heterocycles. The predicted molar refractivity (Wildman–Crippen MR) is 46.8 cm³/mol. The van der Waals surface area contributed by atoms with Gasteiger partial charge in [0.2, 0.25) is 5.89 Å². The first kappa shape index (κ1) is 9.72. The molecule has 0 fully saturated rings. The lowest BCUT2D eigenvalue weighted by Gasteiger charge is -1.93. The number of nitrogens with zero attached hydrogens (tertiary/aromatic N) is 3. The Morgan fingerprint density at radius 2 is 2.38 bits per heavy atom. The van der Waals surface area contributed by atoms with E-state index in [0.717, 1.165) is 18.7 Å². The van der Waals surface area contributed by atoms with Gasteiger partial charge in [-0.2, -0.15) is 10.2 Å². The number of aromatic nitrogens is 2. The summed E-state index contributed by atoms with van der Waals surface area (Å²) in [6.07, 6.45) is 2.39. The van der Waals surface area contributed by atoms with Crippen molar-refractivity contribution in [3.8, 4) is 6.07 Å². The lowest BCUT2D eigenvalue weighted by molar-refractivity contribution is 0.364. The van der Waals surface area contributed by atoms with Crippen molar-refractivity contribution in [1.29, 1.82) is 5.26 Å². The minimum atomic E-state index is -0.0603. The average molecular weight is 179 g/mol. The summed E-state index contributed by atoms with van der Waals surface area (Å²) in [5.41, 5.74) is 0. The topological polar surface area (TPSA) is 62.7 Å². The number of hydrogen-bond donors (Lipinski definition) is 0. The van der Waals surface area contributed by atoms with E-state index in [9.17, 15) is 0 Å². The first-order chi connectivity index (χ1) is 6.26. The quantitative estimate of drug-likeness (QED) is 0.706. The molecular formula is C9H13N3O. The molecule has 0 spiro atoms. The Labute approximate surface area is 77.6 Å². The molecule has 13 heavy (non-hydrogen) atoms. The second-order valence-corrected chi connectivity index (χ2v) is 3.09. The van der Waals surface area contributed by atoms with Crippen LogP contribution in [0.1, 0.15) is 32.0 Å². The molecule has 1 atom stereocenters. The Morgan fingerprint density at radius 3 is 3.00 bits per heavy atom. The summed E-state index contributed by atoms with van der Waals surface area (Å²) in [6.45, 7) is 3.90. The van der Waals surface area contributed by atoms with Crippen molar-refractivity contribution in [2.75, 3.05) is 0 Å². The van der Waals surface area contributed by atoms with Crippen LogP contribution in [0.15, 0.2) is 4.52 Å². The predicted octanol–water partition coefficient (Wildman–Crippen LogP) is 1.72. The van der Waals surface area contributed by atoms with Crippen LogP contribution in [0.4, 0.5) is 0 Å². The molecule has 4 heteroatoms. The van der Waals surface area contributed by atoms with E-state index in [1.807, 2.05) is 6.92 Å². The van der Waals surface area contributed by atoms with Gasteiger partial charge in [-0.05, 0) is 13.3 Å². The Hall–Kier alpha value is -1.37. The highest BCUT2D eigenvalue weighted by Gasteiger charge is 2.09. The molecule has 1 aromatic rings. The van der Waals surface area contributed by atoms with E-state index in [1.165, 1.54) is 0 Å². The van der Waals surface area contributed by atoms with Crippen molar-refractivity contribution < 1.29 is 4.52 Å². The van der Waals surface area contributed by atoms with Crippen LogP contribution in [0.25, 0.3) is 0 Å². The van der Waals surface area contributed by atoms with Crippen molar-refractivity contribution in [3.05, 3.63) is 11.7 Å². The third kappa shape index (κ3) is 2.86. The summed E-state index contributed by atoms with van der Waals surface area (Å²) in [6, 6.07) is 2.13. The fourth-order valence-electron chi connectivity index (χ4n) is 1.01. The van der Waals surface area contributed by atoms with Crippen LogP contribution in [-0.4, -0.2) is 10.1 Å². The van der Waals surface area contributed by atoms with E-state index in [-0.39, 0.29) is 5.92 Å². The molecular weight excluding hydrogens is 166 g/mol. The fourth-order valence-corrected chi connectivity index (χ4v) is 1.01. The Kier molecular flexibility index (Phi) is 3.44. The molecule has 0 aliphatic rings. The van der Waals surface area contributed by atoms with E-state index in [4.69, 9.17) is 9.78 Å². The van der Waals surface area contributed by atoms with Gasteiger partial charge in [0.05, 0.1) is 12.0 Å². The van der Waals surface area contributed by atoms with Gasteiger partial charge in [0, 0.05) is 12.8 Å². The average Bonchev–Trinajstić information content (AvgIpc) is 2.53. The van der Waals surface area contributed by atoms with Gasteiger partial charge < -0.3 is 4.52 Å². The van der Waals surface area contributed by atoms with E-state index in [2.05, 4.69) is 23.1 Å². The SMILES string of the molecule is CCCc1noc(CC(C)C#N)n1. The van der Waals surface area contributed by atoms with E-state index < -0.39 is 0 Å². The van der Waals surface area contributed by atoms with Gasteiger partial charge in [0.25, 0.3) is 0 Å². The lowest BCUT2D eigenvalue weighted by atomic mass is 10.1. The highest BCUT2D eigenvalue weighted by atomic mass is 16.5. The van der Waals surface area contributed by atoms with Crippen LogP contribution in [0, 0.1) is 17.2 Å². The molecule has 1 aromatic heterocycles. The van der Waals surface area contributed by atoms with Gasteiger partial charge in [-0.15, -0.1) is 0 Å². The molecule has 0 aliphatic heterocycles. The van der Waals surface area contributed by atoms with Crippen molar-refractivity contribution in [3.63, 3.8) is 0 Å². The minimum Gasteiger partial charge on any atom is -0.339 e. The fraction of sp³-hybridized carbons (Fsp3) is 0.667. The minimum absolute atomic E-state index is 0.0603. The van der Waals surface area contributed by atoms with Gasteiger partial charge in [0.1, 0.15) is 0 Å². The Balaban J connectivity index is 2.54. The zero-order valence-corrected chi connectivity index (χ0v) is 7.95. The molecule has 0 aromatic carbocycles. The maximum absolute atomic E-state index is 8.57. The van der Waals surface area contributed by atoms with Gasteiger partial charge in [-0.3, -0.25) is 0 Å². The van der Waals surface area contributed by atoms with E-state index >= 15 is 0 Å². The summed E-state index contributed by atoms with van der Waals surface area (Å²) >= 11 is 0. The molecule has 4 nitrogen and oxygen atoms in total. The molecule has 0 bridgehead atoms. The lowest BCUT2D eigenvalue weighted by Crippen LogP contribution is -1.96. The van der Waals surface area contributed by atoms with E-state index in [0.29, 0.717) is 12.3 Å². The van der Waals surface area contributed by atoms with Crippen LogP contribution < -0.4 is 0 Å². The van der Waals surface area contributed by atoms with Crippen molar-refractivity contribution >= 4 is 0 Å². The third-order valence-corrected chi connectivity index (χ3v) is 1.68. The van der Waals surface area contributed by atoms with Crippen LogP contribution >= 0.6 is 0 Å². The first-order valence-electron chi connectivity index (χ1n) is 4.47. The molecule has 0 radical (unpaired) electrons. The molecule has 0 N–H and O–H groups in total. The summed E-state index contributed by atoms with van der Waals surface area (Å²) in [4.78, 5) is 4.16. The van der Waals surface area contributed by atoms with Crippen molar-refractivity contribution in [2.24, 2.45) is 5.92 Å². The molecule has 0 amide bonds. The Morgan fingerprint density at radius 1 is 1.62 bits per heavy atom. The van der Waals surface area contributed by atoms with E-state index in [1.54, 1.807) is 0 Å². The summed E-state index contributed by atoms with van der Waals surface area (Å²) in [5, 5.41) is 12.4. The maximum Gasteiger partial charge on any atom is 0.227 e. The largest absolute Gasteiger partial charge is 0.339 e. The van der Waals surface area contributed by atoms with Crippen LogP contribution in [0.5, 0.6) is 0 Å². The van der Waals surface area contributed by atoms with Crippen LogP contribution in [0.2, 0.25) is 0 Å². The molecule has 0 saturated heterocycles. The zero-order valence-electron chi connectivity index (χ0n) is 7.95. The number of nitriles is 1. The van der Waals surface area contributed by atoms with Crippen LogP contribution in [-0.2, 0) is 12.8 Å². The zero-order chi connectivity index (χ0) is 9.68. The second-order valence-electron chi connectivity index (χ2n) is 3.09. The van der Waals surface area contributed by atoms with Crippen molar-refractivity contribution in [2.45, 2.75) is 33.1 Å². The third-order valence-electron chi connectivity index (χ3n) is 1.68. The Bertz CT molecular complexity index is 300. The number of hydrogen-bond acceptors (Lipinski definition) is 4. The first-order valence-corrected chi connectivity index (χ1v) is 4.47. The number of rotatable bonds is 4. The highest BCUT2D eigenvalue weighted by molar-refractivity contribution is 4.92. The summed E-state index contributed by atoms with van der Waals surface area (Å²) in [5.74, 6) is 1.25. The molecule has 70 valence electrons. The normalized spacial score (nSPS) is 12.4. The molecule has 1 rings (SSSR count). The van der Waals surface area contributed by atoms with Gasteiger partial charge in [0.15, 0.2) is 5.82 Å². The van der Waals surface area contributed by atoms with Gasteiger partial charge >= 0.3 is 0 Å². The summed E-state index contributed by atoms with van der Waals surface area (Å²) in [7, 11) is 0. The van der Waals surface area contributed by atoms with Gasteiger partial charge in [-0.25, -0.2) is 0 Å².